The second-order valence-corrected chi connectivity index (χ2v) is 8.15. The Morgan fingerprint density at radius 2 is 2.00 bits per heavy atom. The van der Waals surface area contributed by atoms with E-state index in [0.29, 0.717) is 6.54 Å². The molecule has 1 fully saturated rings. The second kappa shape index (κ2) is 7.02. The maximum Gasteiger partial charge on any atom is 0.310 e. The van der Waals surface area contributed by atoms with Crippen LogP contribution in [0.4, 0.5) is 0 Å². The number of rotatable bonds is 7. The lowest BCUT2D eigenvalue weighted by atomic mass is 9.89. The first-order valence-corrected chi connectivity index (χ1v) is 8.38. The van der Waals surface area contributed by atoms with Crippen molar-refractivity contribution in [3.8, 4) is 0 Å². The van der Waals surface area contributed by atoms with Crippen LogP contribution < -0.4 is 0 Å². The molecule has 1 N–H and O–H groups in total. The fraction of sp³-hybridized carbons (Fsp3) is 0.632. The molecule has 1 atom stereocenters. The largest absolute Gasteiger partial charge is 0.481 e. The summed E-state index contributed by atoms with van der Waals surface area (Å²) in [6.07, 6.45) is 0.748. The molecule has 1 aliphatic rings. The highest BCUT2D eigenvalue weighted by molar-refractivity contribution is 5.74. The molecule has 1 heterocycles. The topological polar surface area (TPSA) is 43.8 Å². The average Bonchev–Trinajstić information content (AvgIpc) is 2.81. The highest BCUT2D eigenvalue weighted by Crippen LogP contribution is 2.32. The molecule has 0 saturated carbocycles. The van der Waals surface area contributed by atoms with Gasteiger partial charge in [-0.25, -0.2) is 0 Å². The minimum absolute atomic E-state index is 0.132. The van der Waals surface area contributed by atoms with E-state index in [9.17, 15) is 9.90 Å². The number of hydrogen-bond donors (Lipinski definition) is 1. The Labute approximate surface area is 140 Å². The predicted molar refractivity (Wildman–Crippen MR) is 93.4 cm³/mol. The fourth-order valence-corrected chi connectivity index (χ4v) is 3.70. The number of carboxylic acids is 1. The molecule has 2 rings (SSSR count). The number of likely N-dealkylation sites (tertiary alicyclic amines) is 1. The van der Waals surface area contributed by atoms with Crippen molar-refractivity contribution in [2.75, 3.05) is 33.2 Å². The van der Waals surface area contributed by atoms with Crippen LogP contribution in [0.15, 0.2) is 30.3 Å². The van der Waals surface area contributed by atoms with E-state index in [1.54, 1.807) is 0 Å². The van der Waals surface area contributed by atoms with Gasteiger partial charge in [0.05, 0.1) is 5.41 Å². The van der Waals surface area contributed by atoms with Crippen molar-refractivity contribution in [2.45, 2.75) is 33.7 Å². The van der Waals surface area contributed by atoms with Crippen LogP contribution in [-0.4, -0.2) is 54.1 Å². The van der Waals surface area contributed by atoms with E-state index < -0.39 is 11.4 Å². The maximum absolute atomic E-state index is 11.4. The van der Waals surface area contributed by atoms with E-state index in [-0.39, 0.29) is 5.41 Å². The summed E-state index contributed by atoms with van der Waals surface area (Å²) in [4.78, 5) is 16.0. The molecule has 0 bridgehead atoms. The van der Waals surface area contributed by atoms with Gasteiger partial charge in [-0.2, -0.15) is 0 Å². The molecule has 4 nitrogen and oxygen atoms in total. The molecular weight excluding hydrogens is 288 g/mol. The third-order valence-corrected chi connectivity index (χ3v) is 4.71. The van der Waals surface area contributed by atoms with Gasteiger partial charge in [-0.05, 0) is 37.9 Å². The monoisotopic (exact) mass is 318 g/mol. The lowest BCUT2D eigenvalue weighted by molar-refractivity contribution is -0.147. The summed E-state index contributed by atoms with van der Waals surface area (Å²) in [5.74, 6) is -0.668. The molecule has 0 aliphatic carbocycles. The molecule has 1 unspecified atom stereocenters. The van der Waals surface area contributed by atoms with E-state index >= 15 is 0 Å². The van der Waals surface area contributed by atoms with E-state index in [0.717, 1.165) is 32.6 Å². The van der Waals surface area contributed by atoms with Crippen molar-refractivity contribution in [3.63, 3.8) is 0 Å². The molecule has 128 valence electrons. The van der Waals surface area contributed by atoms with Crippen molar-refractivity contribution in [3.05, 3.63) is 35.9 Å². The summed E-state index contributed by atoms with van der Waals surface area (Å²) in [7, 11) is 2.15. The number of hydrogen-bond acceptors (Lipinski definition) is 3. The Kier molecular flexibility index (Phi) is 5.48. The summed E-state index contributed by atoms with van der Waals surface area (Å²) in [6.45, 7) is 10.8. The third-order valence-electron chi connectivity index (χ3n) is 4.71. The zero-order valence-corrected chi connectivity index (χ0v) is 14.9. The number of carboxylic acid groups (broad SMARTS) is 1. The van der Waals surface area contributed by atoms with Crippen LogP contribution >= 0.6 is 0 Å². The van der Waals surface area contributed by atoms with Crippen molar-refractivity contribution in [1.82, 2.24) is 9.80 Å². The Bertz CT molecular complexity index is 529. The summed E-state index contributed by atoms with van der Waals surface area (Å²) in [5.41, 5.74) is 0.879. The van der Waals surface area contributed by atoms with Gasteiger partial charge >= 0.3 is 5.97 Å². The first-order valence-electron chi connectivity index (χ1n) is 8.38. The fourth-order valence-electron chi connectivity index (χ4n) is 3.70. The van der Waals surface area contributed by atoms with Crippen molar-refractivity contribution >= 4 is 5.97 Å². The first-order chi connectivity index (χ1) is 10.7. The molecule has 4 heteroatoms. The van der Waals surface area contributed by atoms with Crippen LogP contribution in [0.2, 0.25) is 0 Å². The number of carbonyl (C=O) groups is 1. The normalized spacial score (nSPS) is 22.7. The van der Waals surface area contributed by atoms with Gasteiger partial charge in [0.2, 0.25) is 0 Å². The van der Waals surface area contributed by atoms with Crippen LogP contribution in [-0.2, 0) is 11.3 Å². The summed E-state index contributed by atoms with van der Waals surface area (Å²) >= 11 is 0. The lowest BCUT2D eigenvalue weighted by Crippen LogP contribution is -2.41. The molecule has 1 aliphatic heterocycles. The minimum Gasteiger partial charge on any atom is -0.481 e. The number of nitrogens with zero attached hydrogens (tertiary/aromatic N) is 2. The van der Waals surface area contributed by atoms with Gasteiger partial charge in [-0.1, -0.05) is 44.2 Å². The smallest absolute Gasteiger partial charge is 0.310 e. The first kappa shape index (κ1) is 18.0. The summed E-state index contributed by atoms with van der Waals surface area (Å²) in [5, 5.41) is 9.36. The zero-order valence-electron chi connectivity index (χ0n) is 14.9. The van der Waals surface area contributed by atoms with Crippen LogP contribution in [0, 0.1) is 10.8 Å². The molecule has 0 spiro atoms. The lowest BCUT2D eigenvalue weighted by Gasteiger charge is -2.34. The van der Waals surface area contributed by atoms with Crippen molar-refractivity contribution in [2.24, 2.45) is 10.8 Å². The second-order valence-electron chi connectivity index (χ2n) is 8.15. The van der Waals surface area contributed by atoms with Crippen molar-refractivity contribution in [1.29, 1.82) is 0 Å². The molecule has 0 amide bonds. The quantitative estimate of drug-likeness (QED) is 0.839. The number of aliphatic carboxylic acids is 1. The van der Waals surface area contributed by atoms with Crippen LogP contribution in [0.25, 0.3) is 0 Å². The maximum atomic E-state index is 11.4. The third kappa shape index (κ3) is 5.05. The van der Waals surface area contributed by atoms with Gasteiger partial charge in [0.25, 0.3) is 0 Å². The predicted octanol–water partition coefficient (Wildman–Crippen LogP) is 2.94. The van der Waals surface area contributed by atoms with Crippen molar-refractivity contribution < 1.29 is 9.90 Å². The van der Waals surface area contributed by atoms with E-state index in [1.165, 1.54) is 5.56 Å². The molecule has 1 aromatic carbocycles. The highest BCUT2D eigenvalue weighted by atomic mass is 16.4. The Balaban J connectivity index is 1.86. The molecule has 0 radical (unpaired) electrons. The van der Waals surface area contributed by atoms with Crippen LogP contribution in [0.3, 0.4) is 0 Å². The van der Waals surface area contributed by atoms with E-state index in [2.05, 4.69) is 55.0 Å². The standard InChI is InChI=1S/C19H30N2O2/c1-18(2,13-20(4)12-16-8-6-5-7-9-16)14-21-11-10-19(3,15-21)17(22)23/h5-9H,10-15H2,1-4H3,(H,22,23). The highest BCUT2D eigenvalue weighted by Gasteiger charge is 2.41. The van der Waals surface area contributed by atoms with Gasteiger partial charge in [0, 0.05) is 26.2 Å². The minimum atomic E-state index is -0.668. The average molecular weight is 318 g/mol. The molecule has 0 aromatic heterocycles. The van der Waals surface area contributed by atoms with Gasteiger partial charge in [0.1, 0.15) is 0 Å². The Morgan fingerprint density at radius 3 is 2.57 bits per heavy atom. The van der Waals surface area contributed by atoms with Gasteiger partial charge in [-0.3, -0.25) is 4.79 Å². The summed E-state index contributed by atoms with van der Waals surface area (Å²) in [6, 6.07) is 10.5. The van der Waals surface area contributed by atoms with Gasteiger partial charge in [0.15, 0.2) is 0 Å². The Morgan fingerprint density at radius 1 is 1.35 bits per heavy atom. The van der Waals surface area contributed by atoms with Gasteiger partial charge < -0.3 is 14.9 Å². The Hall–Kier alpha value is -1.39. The van der Waals surface area contributed by atoms with Gasteiger partial charge in [-0.15, -0.1) is 0 Å². The van der Waals surface area contributed by atoms with Crippen LogP contribution in [0.5, 0.6) is 0 Å². The van der Waals surface area contributed by atoms with E-state index in [4.69, 9.17) is 0 Å². The number of benzene rings is 1. The molecule has 1 aromatic rings. The van der Waals surface area contributed by atoms with Crippen LogP contribution in [0.1, 0.15) is 32.8 Å². The molecule has 23 heavy (non-hydrogen) atoms. The molecule has 1 saturated heterocycles. The molecular formula is C19H30N2O2. The summed E-state index contributed by atoms with van der Waals surface area (Å²) < 4.78 is 0. The van der Waals surface area contributed by atoms with E-state index in [1.807, 2.05) is 13.0 Å². The SMILES string of the molecule is CN(Cc1ccccc1)CC(C)(C)CN1CCC(C)(C(=O)O)C1. The zero-order chi connectivity index (χ0) is 17.1.